The Kier molecular flexibility index (Phi) is 4.62. The van der Waals surface area contributed by atoms with E-state index in [0.717, 1.165) is 16.7 Å². The summed E-state index contributed by atoms with van der Waals surface area (Å²) in [5.41, 5.74) is 2.60. The van der Waals surface area contributed by atoms with Crippen LogP contribution < -0.4 is 10.6 Å². The van der Waals surface area contributed by atoms with E-state index in [2.05, 4.69) is 20.7 Å². The lowest BCUT2D eigenvalue weighted by Gasteiger charge is -2.13. The Bertz CT molecular complexity index is 907. The fourth-order valence-corrected chi connectivity index (χ4v) is 2.54. The second kappa shape index (κ2) is 6.86. The molecule has 0 saturated carbocycles. The highest BCUT2D eigenvalue weighted by molar-refractivity contribution is 5.92. The molecule has 0 radical (unpaired) electrons. The molecule has 7 nitrogen and oxygen atoms in total. The van der Waals surface area contributed by atoms with Gasteiger partial charge in [-0.2, -0.15) is 5.10 Å². The molecule has 0 aliphatic carbocycles. The number of nitrogens with zero attached hydrogens (tertiary/aromatic N) is 3. The van der Waals surface area contributed by atoms with Crippen molar-refractivity contribution in [1.29, 1.82) is 0 Å². The molecular formula is C17H18FN5O2. The van der Waals surface area contributed by atoms with Crippen LogP contribution in [0.15, 0.2) is 36.5 Å². The first kappa shape index (κ1) is 16.8. The van der Waals surface area contributed by atoms with Crippen molar-refractivity contribution in [2.75, 3.05) is 11.9 Å². The van der Waals surface area contributed by atoms with Gasteiger partial charge in [0.05, 0.1) is 23.7 Å². The van der Waals surface area contributed by atoms with Crippen LogP contribution in [0.3, 0.4) is 0 Å². The highest BCUT2D eigenvalue weighted by Crippen LogP contribution is 2.19. The third-order valence-corrected chi connectivity index (χ3v) is 3.83. The second-order valence-corrected chi connectivity index (χ2v) is 5.71. The minimum absolute atomic E-state index is 0.000934. The number of aliphatic hydroxyl groups is 1. The van der Waals surface area contributed by atoms with E-state index in [1.54, 1.807) is 24.0 Å². The van der Waals surface area contributed by atoms with Gasteiger partial charge in [-0.25, -0.2) is 14.2 Å². The zero-order valence-electron chi connectivity index (χ0n) is 13.8. The molecule has 3 aromatic rings. The molecule has 0 spiro atoms. The molecule has 0 aliphatic rings. The van der Waals surface area contributed by atoms with E-state index in [9.17, 15) is 14.3 Å². The van der Waals surface area contributed by atoms with Crippen molar-refractivity contribution in [3.8, 4) is 0 Å². The first-order chi connectivity index (χ1) is 11.9. The number of pyridine rings is 1. The van der Waals surface area contributed by atoms with Crippen molar-refractivity contribution in [2.24, 2.45) is 7.05 Å². The van der Waals surface area contributed by atoms with Gasteiger partial charge in [0, 0.05) is 19.0 Å². The molecule has 1 aromatic carbocycles. The van der Waals surface area contributed by atoms with Crippen LogP contribution in [-0.2, 0) is 7.05 Å². The third-order valence-electron chi connectivity index (χ3n) is 3.83. The van der Waals surface area contributed by atoms with E-state index in [4.69, 9.17) is 0 Å². The van der Waals surface area contributed by atoms with Gasteiger partial charge in [-0.05, 0) is 30.7 Å². The maximum Gasteiger partial charge on any atom is 0.319 e. The number of nitrogens with one attached hydrogen (secondary N) is 2. The number of urea groups is 1. The zero-order valence-corrected chi connectivity index (χ0v) is 13.8. The summed E-state index contributed by atoms with van der Waals surface area (Å²) in [5, 5.41) is 20.4. The Morgan fingerprint density at radius 3 is 2.80 bits per heavy atom. The Morgan fingerprint density at radius 2 is 2.08 bits per heavy atom. The number of rotatable bonds is 4. The molecular weight excluding hydrogens is 325 g/mol. The Labute approximate surface area is 143 Å². The molecule has 3 N–H and O–H groups in total. The quantitative estimate of drug-likeness (QED) is 0.678. The Balaban J connectivity index is 1.60. The number of halogens is 1. The molecule has 0 fully saturated rings. The number of benzene rings is 1. The van der Waals surface area contributed by atoms with Crippen molar-refractivity contribution in [2.45, 2.75) is 13.0 Å². The van der Waals surface area contributed by atoms with Crippen LogP contribution in [0.25, 0.3) is 11.0 Å². The highest BCUT2D eigenvalue weighted by Gasteiger charge is 2.11. The summed E-state index contributed by atoms with van der Waals surface area (Å²) in [4.78, 5) is 16.3. The van der Waals surface area contributed by atoms with Gasteiger partial charge in [0.1, 0.15) is 5.82 Å². The molecule has 0 aliphatic heterocycles. The molecule has 130 valence electrons. The summed E-state index contributed by atoms with van der Waals surface area (Å²) in [6.45, 7) is 1.87. The maximum atomic E-state index is 12.9. The van der Waals surface area contributed by atoms with Crippen molar-refractivity contribution >= 4 is 22.8 Å². The number of aromatic nitrogens is 3. The van der Waals surface area contributed by atoms with E-state index in [1.165, 1.54) is 24.3 Å². The molecule has 0 saturated heterocycles. The predicted molar refractivity (Wildman–Crippen MR) is 91.6 cm³/mol. The van der Waals surface area contributed by atoms with Gasteiger partial charge in [-0.1, -0.05) is 12.1 Å². The standard InChI is InChI=1S/C17H18FN5O2/c1-10-14-7-13(8-19-16(14)23(2)22-10)21-17(25)20-9-15(24)11-3-5-12(18)6-4-11/h3-8,15,24H,9H2,1-2H3,(H2,20,21,25). The number of fused-ring (bicyclic) bond motifs is 1. The van der Waals surface area contributed by atoms with Gasteiger partial charge >= 0.3 is 6.03 Å². The van der Waals surface area contributed by atoms with E-state index in [-0.39, 0.29) is 12.4 Å². The summed E-state index contributed by atoms with van der Waals surface area (Å²) < 4.78 is 14.5. The van der Waals surface area contributed by atoms with Crippen LogP contribution in [0.4, 0.5) is 14.9 Å². The van der Waals surface area contributed by atoms with E-state index >= 15 is 0 Å². The number of hydrogen-bond donors (Lipinski definition) is 3. The Hall–Kier alpha value is -3.00. The first-order valence-electron chi connectivity index (χ1n) is 7.72. The van der Waals surface area contributed by atoms with Gasteiger partial charge in [0.2, 0.25) is 0 Å². The van der Waals surface area contributed by atoms with Gasteiger partial charge in [0.15, 0.2) is 5.65 Å². The fraction of sp³-hybridized carbons (Fsp3) is 0.235. The summed E-state index contributed by atoms with van der Waals surface area (Å²) in [6.07, 6.45) is 0.618. The van der Waals surface area contributed by atoms with Crippen LogP contribution in [0.1, 0.15) is 17.4 Å². The molecule has 25 heavy (non-hydrogen) atoms. The minimum Gasteiger partial charge on any atom is -0.387 e. The van der Waals surface area contributed by atoms with Crippen molar-refractivity contribution in [1.82, 2.24) is 20.1 Å². The minimum atomic E-state index is -0.924. The molecule has 3 rings (SSSR count). The maximum absolute atomic E-state index is 12.9. The molecule has 2 heterocycles. The predicted octanol–water partition coefficient (Wildman–Crippen LogP) is 2.27. The lowest BCUT2D eigenvalue weighted by atomic mass is 10.1. The third kappa shape index (κ3) is 3.74. The summed E-state index contributed by atoms with van der Waals surface area (Å²) in [6, 6.07) is 6.79. The van der Waals surface area contributed by atoms with Crippen LogP contribution in [0, 0.1) is 12.7 Å². The van der Waals surface area contributed by atoms with Gasteiger partial charge < -0.3 is 15.7 Å². The molecule has 2 aromatic heterocycles. The fourth-order valence-electron chi connectivity index (χ4n) is 2.54. The van der Waals surface area contributed by atoms with E-state index in [1.807, 2.05) is 6.92 Å². The topological polar surface area (TPSA) is 92.1 Å². The van der Waals surface area contributed by atoms with Crippen LogP contribution in [0.2, 0.25) is 0 Å². The summed E-state index contributed by atoms with van der Waals surface area (Å²) in [7, 11) is 1.80. The molecule has 1 unspecified atom stereocenters. The summed E-state index contributed by atoms with van der Waals surface area (Å²) in [5.74, 6) is -0.379. The van der Waals surface area contributed by atoms with Crippen molar-refractivity contribution in [3.05, 3.63) is 53.6 Å². The van der Waals surface area contributed by atoms with Gasteiger partial charge in [0.25, 0.3) is 0 Å². The number of carbonyl (C=O) groups excluding carboxylic acids is 1. The molecule has 1 atom stereocenters. The van der Waals surface area contributed by atoms with Crippen LogP contribution in [0.5, 0.6) is 0 Å². The smallest absolute Gasteiger partial charge is 0.319 e. The monoisotopic (exact) mass is 343 g/mol. The zero-order chi connectivity index (χ0) is 18.0. The van der Waals surface area contributed by atoms with Crippen molar-refractivity contribution in [3.63, 3.8) is 0 Å². The molecule has 2 amide bonds. The Morgan fingerprint density at radius 1 is 1.36 bits per heavy atom. The number of carbonyl (C=O) groups is 1. The molecule has 8 heteroatoms. The first-order valence-corrected chi connectivity index (χ1v) is 7.72. The van der Waals surface area contributed by atoms with Gasteiger partial charge in [-0.15, -0.1) is 0 Å². The lowest BCUT2D eigenvalue weighted by molar-refractivity contribution is 0.175. The SMILES string of the molecule is Cc1nn(C)c2ncc(NC(=O)NCC(O)c3ccc(F)cc3)cc12. The average molecular weight is 343 g/mol. The van der Waals surface area contributed by atoms with E-state index < -0.39 is 12.1 Å². The normalized spacial score (nSPS) is 12.2. The number of aryl methyl sites for hydroxylation is 2. The van der Waals surface area contributed by atoms with Gasteiger partial charge in [-0.3, -0.25) is 4.68 Å². The largest absolute Gasteiger partial charge is 0.387 e. The average Bonchev–Trinajstić information content (AvgIpc) is 2.87. The lowest BCUT2D eigenvalue weighted by Crippen LogP contribution is -2.32. The van der Waals surface area contributed by atoms with Crippen LogP contribution >= 0.6 is 0 Å². The number of amides is 2. The second-order valence-electron chi connectivity index (χ2n) is 5.71. The molecule has 0 bridgehead atoms. The number of aliphatic hydroxyl groups excluding tert-OH is 1. The van der Waals surface area contributed by atoms with Crippen molar-refractivity contribution < 1.29 is 14.3 Å². The summed E-state index contributed by atoms with van der Waals surface area (Å²) >= 11 is 0. The number of hydrogen-bond acceptors (Lipinski definition) is 4. The highest BCUT2D eigenvalue weighted by atomic mass is 19.1. The van der Waals surface area contributed by atoms with E-state index in [0.29, 0.717) is 11.3 Å². The number of anilines is 1. The van der Waals surface area contributed by atoms with Crippen LogP contribution in [-0.4, -0.2) is 32.4 Å².